The number of hydrogen-bond donors (Lipinski definition) is 0. The molecular formula is C17H12Cl2F2N2. The summed E-state index contributed by atoms with van der Waals surface area (Å²) in [6.07, 6.45) is 0. The first-order valence-corrected chi connectivity index (χ1v) is 7.61. The van der Waals surface area contributed by atoms with Gasteiger partial charge in [0.05, 0.1) is 22.0 Å². The first-order valence-electron chi connectivity index (χ1n) is 6.86. The van der Waals surface area contributed by atoms with Gasteiger partial charge in [-0.2, -0.15) is 0 Å². The SMILES string of the molecule is Cc1nc(C)n(-c2ccc(Cl)cc2)c1-c1c(F)ccc(Cl)c1F. The summed E-state index contributed by atoms with van der Waals surface area (Å²) in [5.74, 6) is -0.881. The highest BCUT2D eigenvalue weighted by Gasteiger charge is 2.23. The monoisotopic (exact) mass is 352 g/mol. The fourth-order valence-corrected chi connectivity index (χ4v) is 2.90. The zero-order chi connectivity index (χ0) is 16.7. The summed E-state index contributed by atoms with van der Waals surface area (Å²) in [6.45, 7) is 3.47. The Morgan fingerprint density at radius 3 is 2.26 bits per heavy atom. The lowest BCUT2D eigenvalue weighted by atomic mass is 10.1. The second-order valence-electron chi connectivity index (χ2n) is 5.12. The topological polar surface area (TPSA) is 17.8 Å². The minimum absolute atomic E-state index is 0.137. The van der Waals surface area contributed by atoms with E-state index < -0.39 is 11.6 Å². The summed E-state index contributed by atoms with van der Waals surface area (Å²) in [6, 6.07) is 9.29. The van der Waals surface area contributed by atoms with E-state index in [1.54, 1.807) is 42.7 Å². The molecule has 1 aromatic heterocycles. The Balaban J connectivity index is 2.34. The molecule has 1 heterocycles. The largest absolute Gasteiger partial charge is 0.296 e. The molecule has 0 unspecified atom stereocenters. The molecular weight excluding hydrogens is 341 g/mol. The van der Waals surface area contributed by atoms with Gasteiger partial charge in [0, 0.05) is 10.7 Å². The van der Waals surface area contributed by atoms with E-state index in [0.717, 1.165) is 6.07 Å². The zero-order valence-corrected chi connectivity index (χ0v) is 13.9. The quantitative estimate of drug-likeness (QED) is 0.537. The molecule has 3 aromatic rings. The van der Waals surface area contributed by atoms with Crippen LogP contribution in [0.1, 0.15) is 11.5 Å². The lowest BCUT2D eigenvalue weighted by Gasteiger charge is -2.13. The van der Waals surface area contributed by atoms with Crippen LogP contribution in [-0.2, 0) is 0 Å². The van der Waals surface area contributed by atoms with E-state index in [0.29, 0.717) is 27.9 Å². The van der Waals surface area contributed by atoms with Crippen LogP contribution in [-0.4, -0.2) is 9.55 Å². The number of rotatable bonds is 2. The maximum absolute atomic E-state index is 14.5. The number of aryl methyl sites for hydroxylation is 2. The third-order valence-corrected chi connectivity index (χ3v) is 4.13. The molecule has 118 valence electrons. The molecule has 0 bridgehead atoms. The van der Waals surface area contributed by atoms with E-state index in [9.17, 15) is 8.78 Å². The normalized spacial score (nSPS) is 11.0. The van der Waals surface area contributed by atoms with E-state index >= 15 is 0 Å². The summed E-state index contributed by atoms with van der Waals surface area (Å²) < 4.78 is 30.5. The zero-order valence-electron chi connectivity index (χ0n) is 12.4. The Morgan fingerprint density at radius 2 is 1.61 bits per heavy atom. The lowest BCUT2D eigenvalue weighted by Crippen LogP contribution is -2.03. The van der Waals surface area contributed by atoms with Gasteiger partial charge in [-0.1, -0.05) is 23.2 Å². The summed E-state index contributed by atoms with van der Waals surface area (Å²) in [5, 5.41) is 0.437. The lowest BCUT2D eigenvalue weighted by molar-refractivity contribution is 0.588. The Labute approximate surface area is 142 Å². The van der Waals surface area contributed by atoms with Crippen LogP contribution in [0.2, 0.25) is 10.0 Å². The summed E-state index contributed by atoms with van der Waals surface area (Å²) in [4.78, 5) is 4.35. The van der Waals surface area contributed by atoms with Crippen molar-refractivity contribution in [1.29, 1.82) is 0 Å². The Kier molecular flexibility index (Phi) is 4.13. The number of halogens is 4. The highest BCUT2D eigenvalue weighted by atomic mass is 35.5. The fraction of sp³-hybridized carbons (Fsp3) is 0.118. The molecule has 0 atom stereocenters. The minimum Gasteiger partial charge on any atom is -0.296 e. The summed E-state index contributed by atoms with van der Waals surface area (Å²) in [5.41, 5.74) is 1.37. The van der Waals surface area contributed by atoms with Crippen molar-refractivity contribution < 1.29 is 8.78 Å². The average molecular weight is 353 g/mol. The highest BCUT2D eigenvalue weighted by molar-refractivity contribution is 6.31. The molecule has 2 nitrogen and oxygen atoms in total. The molecule has 3 rings (SSSR count). The molecule has 0 aliphatic rings. The van der Waals surface area contributed by atoms with E-state index in [1.165, 1.54) is 6.07 Å². The van der Waals surface area contributed by atoms with E-state index in [1.807, 2.05) is 0 Å². The Bertz CT molecular complexity index is 887. The van der Waals surface area contributed by atoms with Crippen LogP contribution in [0.25, 0.3) is 16.9 Å². The molecule has 0 amide bonds. The van der Waals surface area contributed by atoms with Gasteiger partial charge in [-0.05, 0) is 50.2 Å². The molecule has 23 heavy (non-hydrogen) atoms. The molecule has 0 spiro atoms. The number of aromatic nitrogens is 2. The van der Waals surface area contributed by atoms with Crippen molar-refractivity contribution >= 4 is 23.2 Å². The molecule has 0 aliphatic carbocycles. The van der Waals surface area contributed by atoms with Crippen molar-refractivity contribution in [3.05, 3.63) is 69.6 Å². The Morgan fingerprint density at radius 1 is 0.957 bits per heavy atom. The van der Waals surface area contributed by atoms with Crippen molar-refractivity contribution in [2.45, 2.75) is 13.8 Å². The van der Waals surface area contributed by atoms with Gasteiger partial charge in [0.15, 0.2) is 5.82 Å². The average Bonchev–Trinajstić information content (AvgIpc) is 2.79. The molecule has 0 fully saturated rings. The predicted octanol–water partition coefficient (Wildman–Crippen LogP) is 5.74. The van der Waals surface area contributed by atoms with Gasteiger partial charge in [-0.25, -0.2) is 13.8 Å². The van der Waals surface area contributed by atoms with Gasteiger partial charge >= 0.3 is 0 Å². The van der Waals surface area contributed by atoms with Crippen molar-refractivity contribution in [3.63, 3.8) is 0 Å². The third kappa shape index (κ3) is 2.73. The number of benzene rings is 2. The molecule has 0 saturated carbocycles. The summed E-state index contributed by atoms with van der Waals surface area (Å²) >= 11 is 11.7. The van der Waals surface area contributed by atoms with Gasteiger partial charge in [0.25, 0.3) is 0 Å². The molecule has 6 heteroatoms. The van der Waals surface area contributed by atoms with Crippen molar-refractivity contribution in [3.8, 4) is 16.9 Å². The van der Waals surface area contributed by atoms with Gasteiger partial charge in [0.2, 0.25) is 0 Å². The number of hydrogen-bond acceptors (Lipinski definition) is 1. The predicted molar refractivity (Wildman–Crippen MR) is 88.4 cm³/mol. The van der Waals surface area contributed by atoms with E-state index in [2.05, 4.69) is 4.98 Å². The van der Waals surface area contributed by atoms with Crippen LogP contribution in [0.15, 0.2) is 36.4 Å². The van der Waals surface area contributed by atoms with Crippen LogP contribution in [0, 0.1) is 25.5 Å². The first kappa shape index (κ1) is 16.0. The fourth-order valence-electron chi connectivity index (χ4n) is 2.61. The maximum atomic E-state index is 14.5. The standard InChI is InChI=1S/C17H12Cl2F2N2/c1-9-17(15-14(20)8-7-13(19)16(15)21)23(10(2)22-9)12-5-3-11(18)4-6-12/h3-8H,1-2H3. The van der Waals surface area contributed by atoms with Gasteiger partial charge in [-0.15, -0.1) is 0 Å². The van der Waals surface area contributed by atoms with Crippen molar-refractivity contribution in [2.24, 2.45) is 0 Å². The third-order valence-electron chi connectivity index (χ3n) is 3.59. The molecule has 0 N–H and O–H groups in total. The summed E-state index contributed by atoms with van der Waals surface area (Å²) in [7, 11) is 0. The van der Waals surface area contributed by atoms with Crippen LogP contribution in [0.3, 0.4) is 0 Å². The molecule has 0 aliphatic heterocycles. The van der Waals surface area contributed by atoms with Crippen LogP contribution >= 0.6 is 23.2 Å². The van der Waals surface area contributed by atoms with Crippen molar-refractivity contribution in [2.75, 3.05) is 0 Å². The van der Waals surface area contributed by atoms with Crippen molar-refractivity contribution in [1.82, 2.24) is 9.55 Å². The van der Waals surface area contributed by atoms with Gasteiger partial charge in [-0.3, -0.25) is 4.57 Å². The minimum atomic E-state index is -0.801. The maximum Gasteiger partial charge on any atom is 0.154 e. The Hall–Kier alpha value is -1.91. The smallest absolute Gasteiger partial charge is 0.154 e. The first-order chi connectivity index (χ1) is 10.9. The van der Waals surface area contributed by atoms with Gasteiger partial charge in [0.1, 0.15) is 11.6 Å². The number of nitrogens with zero attached hydrogens (tertiary/aromatic N) is 2. The second-order valence-corrected chi connectivity index (χ2v) is 5.97. The molecule has 0 radical (unpaired) electrons. The van der Waals surface area contributed by atoms with E-state index in [-0.39, 0.29) is 10.6 Å². The van der Waals surface area contributed by atoms with Crippen LogP contribution < -0.4 is 0 Å². The number of imidazole rings is 1. The van der Waals surface area contributed by atoms with Crippen LogP contribution in [0.5, 0.6) is 0 Å². The van der Waals surface area contributed by atoms with Crippen LogP contribution in [0.4, 0.5) is 8.78 Å². The molecule has 2 aromatic carbocycles. The second kappa shape index (κ2) is 5.95. The van der Waals surface area contributed by atoms with Gasteiger partial charge < -0.3 is 0 Å². The highest BCUT2D eigenvalue weighted by Crippen LogP contribution is 2.35. The van der Waals surface area contributed by atoms with E-state index in [4.69, 9.17) is 23.2 Å². The molecule has 0 saturated heterocycles.